The molecule has 0 aliphatic heterocycles. The Balaban J connectivity index is 1.51. The molecule has 2 fully saturated rings. The van der Waals surface area contributed by atoms with Gasteiger partial charge in [0.05, 0.1) is 12.7 Å². The van der Waals surface area contributed by atoms with Crippen molar-refractivity contribution in [3.63, 3.8) is 0 Å². The minimum absolute atomic E-state index is 0.0785. The fraction of sp³-hybridized carbons (Fsp3) is 0.562. The van der Waals surface area contributed by atoms with E-state index in [0.29, 0.717) is 12.2 Å². The van der Waals surface area contributed by atoms with E-state index in [2.05, 4.69) is 10.6 Å². The third kappa shape index (κ3) is 3.50. The lowest BCUT2D eigenvalue weighted by Gasteiger charge is -2.26. The number of hydrogen-bond acceptors (Lipinski definition) is 3. The number of carbonyl (C=O) groups excluding carboxylic acids is 1. The number of nitrogens with one attached hydrogen (secondary N) is 2. The van der Waals surface area contributed by atoms with E-state index in [1.165, 1.54) is 6.07 Å². The van der Waals surface area contributed by atoms with Crippen LogP contribution in [0.15, 0.2) is 18.2 Å². The van der Waals surface area contributed by atoms with E-state index < -0.39 is 11.8 Å². The summed E-state index contributed by atoms with van der Waals surface area (Å²) in [4.78, 5) is 11.8. The van der Waals surface area contributed by atoms with Crippen LogP contribution in [-0.2, 0) is 0 Å². The molecule has 0 unspecified atom stereocenters. The number of carbonyl (C=O) groups is 1. The van der Waals surface area contributed by atoms with Gasteiger partial charge in [0.25, 0.3) is 0 Å². The number of halogens is 1. The van der Waals surface area contributed by atoms with Crippen LogP contribution in [-0.4, -0.2) is 30.4 Å². The third-order valence-corrected chi connectivity index (χ3v) is 4.45. The number of hydrogen-bond donors (Lipinski definition) is 3. The number of benzene rings is 1. The second kappa shape index (κ2) is 6.12. The number of urea groups is 1. The highest BCUT2D eigenvalue weighted by Gasteiger charge is 2.42. The van der Waals surface area contributed by atoms with Crippen molar-refractivity contribution in [1.29, 1.82) is 0 Å². The summed E-state index contributed by atoms with van der Waals surface area (Å²) in [6.07, 6.45) is 5.02. The number of aliphatic hydroxyl groups excluding tert-OH is 1. The maximum absolute atomic E-state index is 13.9. The Morgan fingerprint density at radius 1 is 1.41 bits per heavy atom. The van der Waals surface area contributed by atoms with Gasteiger partial charge in [0.1, 0.15) is 0 Å². The van der Waals surface area contributed by atoms with Crippen molar-refractivity contribution in [2.45, 2.75) is 38.2 Å². The lowest BCUT2D eigenvalue weighted by atomic mass is 9.96. The van der Waals surface area contributed by atoms with Gasteiger partial charge >= 0.3 is 6.03 Å². The Bertz CT molecular complexity index is 556. The average molecular weight is 308 g/mol. The van der Waals surface area contributed by atoms with Crippen molar-refractivity contribution in [3.05, 3.63) is 24.0 Å². The van der Waals surface area contributed by atoms with Crippen molar-refractivity contribution >= 4 is 11.7 Å². The summed E-state index contributed by atoms with van der Waals surface area (Å²) >= 11 is 0. The SMILES string of the molecule is O=C(NCC1(CO)CC1)Nc1ccc(OC2CCC2)c(F)c1. The molecule has 2 aliphatic rings. The van der Waals surface area contributed by atoms with Gasteiger partial charge in [0.2, 0.25) is 0 Å². The summed E-state index contributed by atoms with van der Waals surface area (Å²) in [5, 5.41) is 14.5. The molecule has 2 aliphatic carbocycles. The van der Waals surface area contributed by atoms with E-state index in [4.69, 9.17) is 4.74 Å². The van der Waals surface area contributed by atoms with E-state index in [9.17, 15) is 14.3 Å². The van der Waals surface area contributed by atoms with Crippen LogP contribution in [0.2, 0.25) is 0 Å². The first-order chi connectivity index (χ1) is 10.6. The number of anilines is 1. The molecule has 2 amide bonds. The van der Waals surface area contributed by atoms with Crippen molar-refractivity contribution in [3.8, 4) is 5.75 Å². The van der Waals surface area contributed by atoms with Gasteiger partial charge in [-0.25, -0.2) is 9.18 Å². The lowest BCUT2D eigenvalue weighted by Crippen LogP contribution is -2.35. The largest absolute Gasteiger partial charge is 0.487 e. The molecular weight excluding hydrogens is 287 g/mol. The van der Waals surface area contributed by atoms with E-state index in [0.717, 1.165) is 32.1 Å². The van der Waals surface area contributed by atoms with Crippen molar-refractivity contribution in [2.24, 2.45) is 5.41 Å². The quantitative estimate of drug-likeness (QED) is 0.756. The lowest BCUT2D eigenvalue weighted by molar-refractivity contribution is 0.115. The summed E-state index contributed by atoms with van der Waals surface area (Å²) < 4.78 is 19.5. The monoisotopic (exact) mass is 308 g/mol. The summed E-state index contributed by atoms with van der Waals surface area (Å²) in [5.41, 5.74) is 0.230. The molecule has 22 heavy (non-hydrogen) atoms. The standard InChI is InChI=1S/C16H21FN2O3/c17-13-8-11(4-5-14(13)22-12-2-1-3-12)19-15(21)18-9-16(10-20)6-7-16/h4-5,8,12,20H,1-3,6-7,9-10H2,(H2,18,19,21). The van der Waals surface area contributed by atoms with Crippen LogP contribution in [0.25, 0.3) is 0 Å². The molecule has 0 aromatic heterocycles. The van der Waals surface area contributed by atoms with Crippen molar-refractivity contribution in [2.75, 3.05) is 18.5 Å². The van der Waals surface area contributed by atoms with Crippen LogP contribution in [0, 0.1) is 11.2 Å². The third-order valence-electron chi connectivity index (χ3n) is 4.45. The molecule has 3 N–H and O–H groups in total. The highest BCUT2D eigenvalue weighted by Crippen LogP contribution is 2.44. The zero-order valence-electron chi connectivity index (χ0n) is 12.4. The fourth-order valence-electron chi connectivity index (χ4n) is 2.35. The van der Waals surface area contributed by atoms with Gasteiger partial charge in [-0.15, -0.1) is 0 Å². The Hall–Kier alpha value is -1.82. The van der Waals surface area contributed by atoms with Crippen LogP contribution in [0.5, 0.6) is 5.75 Å². The predicted octanol–water partition coefficient (Wildman–Crippen LogP) is 2.65. The molecule has 3 rings (SSSR count). The molecule has 2 saturated carbocycles. The molecule has 5 nitrogen and oxygen atoms in total. The van der Waals surface area contributed by atoms with Crippen LogP contribution in [0.3, 0.4) is 0 Å². The van der Waals surface area contributed by atoms with Crippen LogP contribution in [0.4, 0.5) is 14.9 Å². The highest BCUT2D eigenvalue weighted by molar-refractivity contribution is 5.89. The molecule has 0 atom stereocenters. The van der Waals surface area contributed by atoms with Crippen LogP contribution < -0.4 is 15.4 Å². The Morgan fingerprint density at radius 3 is 2.73 bits per heavy atom. The second-order valence-electron chi connectivity index (χ2n) is 6.28. The fourth-order valence-corrected chi connectivity index (χ4v) is 2.35. The van der Waals surface area contributed by atoms with Crippen molar-refractivity contribution < 1.29 is 19.0 Å². The number of rotatable bonds is 6. The van der Waals surface area contributed by atoms with Crippen LogP contribution in [0.1, 0.15) is 32.1 Å². The summed E-state index contributed by atoms with van der Waals surface area (Å²) in [6, 6.07) is 4.02. The van der Waals surface area contributed by atoms with Gasteiger partial charge in [0, 0.05) is 23.7 Å². The molecule has 120 valence electrons. The Morgan fingerprint density at radius 2 is 2.18 bits per heavy atom. The van der Waals surface area contributed by atoms with Gasteiger partial charge in [0.15, 0.2) is 11.6 Å². The molecule has 0 bridgehead atoms. The Labute approximate surface area is 128 Å². The molecule has 0 radical (unpaired) electrons. The molecule has 6 heteroatoms. The zero-order chi connectivity index (χ0) is 15.6. The van der Waals surface area contributed by atoms with Gasteiger partial charge in [-0.3, -0.25) is 0 Å². The maximum atomic E-state index is 13.9. The minimum Gasteiger partial charge on any atom is -0.487 e. The van der Waals surface area contributed by atoms with Gasteiger partial charge in [-0.1, -0.05) is 0 Å². The first-order valence-electron chi connectivity index (χ1n) is 7.72. The highest BCUT2D eigenvalue weighted by atomic mass is 19.1. The number of aliphatic hydroxyl groups is 1. The molecule has 1 aromatic carbocycles. The van der Waals surface area contributed by atoms with E-state index >= 15 is 0 Å². The normalized spacial score (nSPS) is 19.2. The van der Waals surface area contributed by atoms with Gasteiger partial charge in [-0.2, -0.15) is 0 Å². The maximum Gasteiger partial charge on any atom is 0.319 e. The first-order valence-corrected chi connectivity index (χ1v) is 7.72. The zero-order valence-corrected chi connectivity index (χ0v) is 12.4. The van der Waals surface area contributed by atoms with Crippen molar-refractivity contribution in [1.82, 2.24) is 5.32 Å². The van der Waals surface area contributed by atoms with E-state index in [1.54, 1.807) is 12.1 Å². The minimum atomic E-state index is -0.473. The predicted molar refractivity (Wildman–Crippen MR) is 80.4 cm³/mol. The molecule has 1 aromatic rings. The van der Waals surface area contributed by atoms with E-state index in [1.807, 2.05) is 0 Å². The number of ether oxygens (including phenoxy) is 1. The summed E-state index contributed by atoms with van der Waals surface area (Å²) in [5.74, 6) is -0.244. The Kier molecular flexibility index (Phi) is 4.20. The smallest absolute Gasteiger partial charge is 0.319 e. The molecule has 0 saturated heterocycles. The van der Waals surface area contributed by atoms with Gasteiger partial charge < -0.3 is 20.5 Å². The first kappa shape index (κ1) is 15.1. The topological polar surface area (TPSA) is 70.6 Å². The summed E-state index contributed by atoms with van der Waals surface area (Å²) in [6.45, 7) is 0.510. The van der Waals surface area contributed by atoms with E-state index in [-0.39, 0.29) is 23.9 Å². The van der Waals surface area contributed by atoms with Crippen LogP contribution >= 0.6 is 0 Å². The molecule has 0 spiro atoms. The average Bonchev–Trinajstić information content (AvgIpc) is 3.23. The summed E-state index contributed by atoms with van der Waals surface area (Å²) in [7, 11) is 0. The van der Waals surface area contributed by atoms with Gasteiger partial charge in [-0.05, 0) is 44.2 Å². The number of amides is 2. The molecular formula is C16H21FN2O3. The second-order valence-corrected chi connectivity index (χ2v) is 6.28. The molecule has 0 heterocycles.